The molecule has 0 fully saturated rings. The Morgan fingerprint density at radius 3 is 1.95 bits per heavy atom. The molecule has 0 saturated carbocycles. The van der Waals surface area contributed by atoms with E-state index in [1.807, 2.05) is 33.8 Å². The molecule has 0 atom stereocenters. The smallest absolute Gasteiger partial charge is 0.169 e. The third-order valence-corrected chi connectivity index (χ3v) is 2.52. The van der Waals surface area contributed by atoms with Crippen molar-refractivity contribution in [1.82, 2.24) is 5.16 Å². The van der Waals surface area contributed by atoms with Gasteiger partial charge in [0.25, 0.3) is 0 Å². The molecule has 2 rings (SSSR count). The van der Waals surface area contributed by atoms with Gasteiger partial charge in [-0.1, -0.05) is 76.2 Å². The van der Waals surface area contributed by atoms with Gasteiger partial charge in [-0.05, 0) is 5.56 Å². The molecule has 2 aromatic rings. The van der Waals surface area contributed by atoms with Crippen LogP contribution in [0.1, 0.15) is 39.0 Å². The first-order chi connectivity index (χ1) is 9.25. The van der Waals surface area contributed by atoms with E-state index in [1.54, 1.807) is 6.26 Å². The predicted molar refractivity (Wildman–Crippen MR) is 85.6 cm³/mol. The van der Waals surface area contributed by atoms with Crippen LogP contribution in [0.15, 0.2) is 41.1 Å². The van der Waals surface area contributed by atoms with Crippen LogP contribution in [0.3, 0.4) is 0 Å². The van der Waals surface area contributed by atoms with Crippen LogP contribution in [0.25, 0.3) is 0 Å². The second-order valence-corrected chi connectivity index (χ2v) is 4.06. The Hall–Kier alpha value is -1.51. The summed E-state index contributed by atoms with van der Waals surface area (Å²) >= 11 is 0. The number of hydrogen-bond donors (Lipinski definition) is 0. The van der Waals surface area contributed by atoms with Crippen molar-refractivity contribution in [3.8, 4) is 0 Å². The molecule has 19 heavy (non-hydrogen) atoms. The molecular weight excluding hydrogens is 233 g/mol. The van der Waals surface area contributed by atoms with Crippen molar-refractivity contribution < 1.29 is 4.52 Å². The molecule has 2 nitrogen and oxygen atoms in total. The molecule has 1 aromatic heterocycles. The van der Waals surface area contributed by atoms with Crippen LogP contribution < -0.4 is 5.46 Å². The maximum absolute atomic E-state index is 4.80. The average molecular weight is 259 g/mol. The molecule has 1 aromatic carbocycles. The van der Waals surface area contributed by atoms with Crippen LogP contribution in [-0.2, 0) is 6.42 Å². The monoisotopic (exact) mass is 259 g/mol. The Labute approximate surface area is 118 Å². The van der Waals surface area contributed by atoms with E-state index in [-0.39, 0.29) is 0 Å². The fourth-order valence-electron chi connectivity index (χ4n) is 1.56. The summed E-state index contributed by atoms with van der Waals surface area (Å²) in [6, 6.07) is 10.6. The van der Waals surface area contributed by atoms with Crippen molar-refractivity contribution in [2.75, 3.05) is 0 Å². The van der Waals surface area contributed by atoms with Crippen molar-refractivity contribution in [1.29, 1.82) is 0 Å². The molecule has 0 saturated heterocycles. The number of hydrogen-bond acceptors (Lipinski definition) is 2. The van der Waals surface area contributed by atoms with Crippen molar-refractivity contribution >= 4 is 12.2 Å². The second kappa shape index (κ2) is 10.4. The van der Waals surface area contributed by atoms with Crippen molar-refractivity contribution in [3.05, 3.63) is 47.9 Å². The zero-order valence-electron chi connectivity index (χ0n) is 13.1. The summed E-state index contributed by atoms with van der Waals surface area (Å²) < 4.78 is 4.80. The minimum Gasteiger partial charge on any atom is -0.365 e. The summed E-state index contributed by atoms with van der Waals surface area (Å²) in [5, 5.41) is 3.89. The molecule has 0 N–H and O–H groups in total. The van der Waals surface area contributed by atoms with E-state index in [0.717, 1.165) is 12.1 Å². The molecule has 0 aliphatic heterocycles. The first-order valence-electron chi connectivity index (χ1n) is 7.24. The average Bonchev–Trinajstić information content (AvgIpc) is 2.97. The van der Waals surface area contributed by atoms with Crippen LogP contribution >= 0.6 is 0 Å². The van der Waals surface area contributed by atoms with Crippen molar-refractivity contribution in [3.63, 3.8) is 0 Å². The highest BCUT2D eigenvalue weighted by atomic mass is 16.5. The van der Waals surface area contributed by atoms with Crippen LogP contribution in [0.2, 0.25) is 13.6 Å². The third kappa shape index (κ3) is 6.28. The standard InChI is InChI=1S/C12H14BNO.2C2H6/c1-13(2)11-5-3-10(4-6-11)9-12-7-8-15-14-12;2*1-2/h3-8H,9H2,1-2H3;2*1-2H3. The van der Waals surface area contributed by atoms with Gasteiger partial charge in [0, 0.05) is 12.5 Å². The highest BCUT2D eigenvalue weighted by Crippen LogP contribution is 2.06. The molecular formula is C16H26BNO. The van der Waals surface area contributed by atoms with E-state index < -0.39 is 0 Å². The topological polar surface area (TPSA) is 26.0 Å². The maximum Gasteiger partial charge on any atom is 0.169 e. The van der Waals surface area contributed by atoms with Crippen LogP contribution in [0, 0.1) is 0 Å². The summed E-state index contributed by atoms with van der Waals surface area (Å²) in [6.45, 7) is 13.0. The summed E-state index contributed by atoms with van der Waals surface area (Å²) in [5.74, 6) is 0. The normalized spacial score (nSPS) is 8.74. The Morgan fingerprint density at radius 2 is 1.53 bits per heavy atom. The van der Waals surface area contributed by atoms with E-state index in [9.17, 15) is 0 Å². The Balaban J connectivity index is 0.000000741. The molecule has 0 bridgehead atoms. The summed E-state index contributed by atoms with van der Waals surface area (Å²) in [4.78, 5) is 0. The van der Waals surface area contributed by atoms with E-state index in [0.29, 0.717) is 6.71 Å². The van der Waals surface area contributed by atoms with Gasteiger partial charge in [-0.3, -0.25) is 0 Å². The van der Waals surface area contributed by atoms with Gasteiger partial charge in [-0.15, -0.1) is 0 Å². The number of benzene rings is 1. The fourth-order valence-corrected chi connectivity index (χ4v) is 1.56. The van der Waals surface area contributed by atoms with E-state index >= 15 is 0 Å². The largest absolute Gasteiger partial charge is 0.365 e. The SMILES string of the molecule is CB(C)c1ccc(Cc2ccon2)cc1.CC.CC. The maximum atomic E-state index is 4.80. The molecule has 0 aliphatic carbocycles. The fraction of sp³-hybridized carbons (Fsp3) is 0.438. The predicted octanol–water partition coefficient (Wildman–Crippen LogP) is 4.28. The second-order valence-electron chi connectivity index (χ2n) is 4.06. The molecule has 1 heterocycles. The van der Waals surface area contributed by atoms with Gasteiger partial charge in [-0.2, -0.15) is 0 Å². The van der Waals surface area contributed by atoms with Gasteiger partial charge in [0.2, 0.25) is 0 Å². The molecule has 0 amide bonds. The lowest BCUT2D eigenvalue weighted by molar-refractivity contribution is 0.413. The van der Waals surface area contributed by atoms with Crippen LogP contribution in [0.5, 0.6) is 0 Å². The highest BCUT2D eigenvalue weighted by Gasteiger charge is 2.03. The zero-order chi connectivity index (χ0) is 14.7. The summed E-state index contributed by atoms with van der Waals surface area (Å²) in [6.07, 6.45) is 2.45. The lowest BCUT2D eigenvalue weighted by Gasteiger charge is -2.03. The van der Waals surface area contributed by atoms with Gasteiger partial charge in [0.1, 0.15) is 6.26 Å². The van der Waals surface area contributed by atoms with E-state index in [4.69, 9.17) is 4.52 Å². The van der Waals surface area contributed by atoms with Crippen molar-refractivity contribution in [2.24, 2.45) is 0 Å². The lowest BCUT2D eigenvalue weighted by atomic mass is 9.49. The van der Waals surface area contributed by atoms with E-state index in [1.165, 1.54) is 11.0 Å². The first-order valence-corrected chi connectivity index (χ1v) is 7.24. The zero-order valence-corrected chi connectivity index (χ0v) is 13.1. The van der Waals surface area contributed by atoms with E-state index in [2.05, 4.69) is 43.1 Å². The van der Waals surface area contributed by atoms with Gasteiger partial charge >= 0.3 is 0 Å². The molecule has 0 unspecified atom stereocenters. The molecule has 0 spiro atoms. The Morgan fingerprint density at radius 1 is 0.947 bits per heavy atom. The molecule has 3 heteroatoms. The third-order valence-electron chi connectivity index (χ3n) is 2.52. The highest BCUT2D eigenvalue weighted by molar-refractivity contribution is 6.70. The number of rotatable bonds is 3. The van der Waals surface area contributed by atoms with Gasteiger partial charge in [-0.25, -0.2) is 0 Å². The molecule has 0 radical (unpaired) electrons. The molecule has 0 aliphatic rings. The lowest BCUT2D eigenvalue weighted by Crippen LogP contribution is -2.21. The minimum absolute atomic E-state index is 0.589. The van der Waals surface area contributed by atoms with Crippen molar-refractivity contribution in [2.45, 2.75) is 47.8 Å². The first kappa shape index (κ1) is 17.5. The quantitative estimate of drug-likeness (QED) is 0.769. The minimum atomic E-state index is 0.589. The molecule has 104 valence electrons. The van der Waals surface area contributed by atoms with Gasteiger partial charge < -0.3 is 4.52 Å². The van der Waals surface area contributed by atoms with Gasteiger partial charge in [0.15, 0.2) is 6.71 Å². The van der Waals surface area contributed by atoms with Crippen LogP contribution in [0.4, 0.5) is 0 Å². The number of aromatic nitrogens is 1. The van der Waals surface area contributed by atoms with Crippen LogP contribution in [-0.4, -0.2) is 11.9 Å². The van der Waals surface area contributed by atoms with Gasteiger partial charge in [0.05, 0.1) is 5.69 Å². The Kier molecular flexibility index (Phi) is 9.60. The summed E-state index contributed by atoms with van der Waals surface area (Å²) in [7, 11) is 0. The Bertz CT molecular complexity index is 407. The number of nitrogens with zero attached hydrogens (tertiary/aromatic N) is 1. The summed E-state index contributed by atoms with van der Waals surface area (Å²) in [5.41, 5.74) is 3.62.